The molecule has 1 aromatic rings. The lowest BCUT2D eigenvalue weighted by molar-refractivity contribution is -0.118. The van der Waals surface area contributed by atoms with Crippen molar-refractivity contribution in [2.24, 2.45) is 5.92 Å². The number of anilines is 1. The van der Waals surface area contributed by atoms with Crippen LogP contribution in [0.3, 0.4) is 0 Å². The number of piperidine rings is 1. The molecule has 0 spiro atoms. The molecule has 1 aromatic carbocycles. The highest BCUT2D eigenvalue weighted by Crippen LogP contribution is 2.24. The number of ketones is 1. The van der Waals surface area contributed by atoms with Crippen molar-refractivity contribution in [3.05, 3.63) is 29.6 Å². The van der Waals surface area contributed by atoms with Gasteiger partial charge in [-0.1, -0.05) is 0 Å². The van der Waals surface area contributed by atoms with E-state index in [2.05, 4.69) is 9.80 Å². The number of Topliss-reactive ketones (excluding diaryl/α,β-unsaturated/α-hetero) is 1. The van der Waals surface area contributed by atoms with Crippen LogP contribution in [0.2, 0.25) is 0 Å². The molecular weight excluding hydrogens is 355 g/mol. The van der Waals surface area contributed by atoms with Crippen molar-refractivity contribution in [1.82, 2.24) is 9.80 Å². The first-order valence-corrected chi connectivity index (χ1v) is 9.76. The van der Waals surface area contributed by atoms with Crippen molar-refractivity contribution in [2.75, 3.05) is 57.3 Å². The molecule has 0 atom stereocenters. The van der Waals surface area contributed by atoms with Gasteiger partial charge in [-0.2, -0.15) is 0 Å². The Morgan fingerprint density at radius 1 is 0.963 bits per heavy atom. The van der Waals surface area contributed by atoms with Crippen LogP contribution in [-0.4, -0.2) is 67.9 Å². The van der Waals surface area contributed by atoms with Crippen LogP contribution >= 0.6 is 0 Å². The molecule has 0 bridgehead atoms. The highest BCUT2D eigenvalue weighted by molar-refractivity contribution is 5.77. The van der Waals surface area contributed by atoms with Crippen molar-refractivity contribution in [3.63, 3.8) is 0 Å². The summed E-state index contributed by atoms with van der Waals surface area (Å²) in [5.74, 6) is -2.75. The van der Waals surface area contributed by atoms with Gasteiger partial charge in [0.1, 0.15) is 5.78 Å². The molecule has 0 N–H and O–H groups in total. The summed E-state index contributed by atoms with van der Waals surface area (Å²) in [5, 5.41) is 0. The summed E-state index contributed by atoms with van der Waals surface area (Å²) < 4.78 is 40.0. The smallest absolute Gasteiger partial charge is 0.194 e. The maximum atomic E-state index is 13.4. The third-order valence-corrected chi connectivity index (χ3v) is 5.71. The summed E-state index contributed by atoms with van der Waals surface area (Å²) in [6, 6.07) is 2.14. The Hall–Kier alpha value is -1.60. The van der Waals surface area contributed by atoms with E-state index in [9.17, 15) is 18.0 Å². The lowest BCUT2D eigenvalue weighted by Gasteiger charge is -2.37. The van der Waals surface area contributed by atoms with Crippen molar-refractivity contribution < 1.29 is 18.0 Å². The molecule has 2 fully saturated rings. The van der Waals surface area contributed by atoms with E-state index in [4.69, 9.17) is 0 Å². The highest BCUT2D eigenvalue weighted by Gasteiger charge is 2.23. The van der Waals surface area contributed by atoms with Crippen LogP contribution in [0, 0.1) is 23.4 Å². The Morgan fingerprint density at radius 3 is 2.11 bits per heavy atom. The van der Waals surface area contributed by atoms with Gasteiger partial charge in [0.25, 0.3) is 0 Å². The topological polar surface area (TPSA) is 26.8 Å². The lowest BCUT2D eigenvalue weighted by Crippen LogP contribution is -2.47. The van der Waals surface area contributed by atoms with E-state index in [1.807, 2.05) is 4.90 Å². The standard InChI is InChI=1S/C20H28F3N3O/c1-15(27)14-25-6-3-16(4-7-25)2-5-24-8-10-26(11-9-24)17-12-18(21)20(23)19(22)13-17/h12-13,16H,2-11,14H2,1H3. The summed E-state index contributed by atoms with van der Waals surface area (Å²) in [5.41, 5.74) is 0.406. The molecule has 2 heterocycles. The average molecular weight is 383 g/mol. The predicted molar refractivity (Wildman–Crippen MR) is 99.4 cm³/mol. The molecule has 0 radical (unpaired) electrons. The molecule has 27 heavy (non-hydrogen) atoms. The lowest BCUT2D eigenvalue weighted by atomic mass is 9.93. The Morgan fingerprint density at radius 2 is 1.56 bits per heavy atom. The van der Waals surface area contributed by atoms with E-state index >= 15 is 0 Å². The van der Waals surface area contributed by atoms with E-state index in [-0.39, 0.29) is 5.78 Å². The van der Waals surface area contributed by atoms with Gasteiger partial charge in [-0.25, -0.2) is 13.2 Å². The number of carbonyl (C=O) groups is 1. The molecule has 0 amide bonds. The van der Waals surface area contributed by atoms with Crippen molar-refractivity contribution in [2.45, 2.75) is 26.2 Å². The van der Waals surface area contributed by atoms with Crippen LogP contribution in [0.15, 0.2) is 12.1 Å². The first-order chi connectivity index (χ1) is 12.9. The van der Waals surface area contributed by atoms with E-state index in [1.165, 1.54) is 0 Å². The average Bonchev–Trinajstić information content (AvgIpc) is 2.65. The predicted octanol–water partition coefficient (Wildman–Crippen LogP) is 2.92. The van der Waals surface area contributed by atoms with Gasteiger partial charge >= 0.3 is 0 Å². The van der Waals surface area contributed by atoms with Gasteiger partial charge in [-0.05, 0) is 51.7 Å². The van der Waals surface area contributed by atoms with Gasteiger partial charge < -0.3 is 4.90 Å². The highest BCUT2D eigenvalue weighted by atomic mass is 19.2. The first-order valence-electron chi connectivity index (χ1n) is 9.76. The minimum Gasteiger partial charge on any atom is -0.369 e. The van der Waals surface area contributed by atoms with Gasteiger partial charge in [-0.3, -0.25) is 14.6 Å². The zero-order valence-electron chi connectivity index (χ0n) is 15.9. The number of rotatable bonds is 6. The molecule has 7 heteroatoms. The van der Waals surface area contributed by atoms with Crippen LogP contribution < -0.4 is 4.90 Å². The monoisotopic (exact) mass is 383 g/mol. The summed E-state index contributed by atoms with van der Waals surface area (Å²) in [6.45, 7) is 8.27. The second-order valence-electron chi connectivity index (χ2n) is 7.76. The largest absolute Gasteiger partial charge is 0.369 e. The Labute approximate surface area is 158 Å². The van der Waals surface area contributed by atoms with Gasteiger partial charge in [-0.15, -0.1) is 0 Å². The third-order valence-electron chi connectivity index (χ3n) is 5.71. The van der Waals surface area contributed by atoms with Gasteiger partial charge in [0.05, 0.1) is 6.54 Å². The summed E-state index contributed by atoms with van der Waals surface area (Å²) in [4.78, 5) is 17.7. The number of likely N-dealkylation sites (tertiary alicyclic amines) is 1. The summed E-state index contributed by atoms with van der Waals surface area (Å²) in [7, 11) is 0. The molecule has 0 unspecified atom stereocenters. The minimum atomic E-state index is -1.41. The molecule has 0 aromatic heterocycles. The normalized spacial score (nSPS) is 20.2. The number of benzene rings is 1. The molecular formula is C20H28F3N3O. The van der Waals surface area contributed by atoms with E-state index in [0.717, 1.165) is 64.1 Å². The van der Waals surface area contributed by atoms with Crippen LogP contribution in [0.5, 0.6) is 0 Å². The zero-order valence-corrected chi connectivity index (χ0v) is 15.9. The second kappa shape index (κ2) is 9.06. The maximum Gasteiger partial charge on any atom is 0.194 e. The van der Waals surface area contributed by atoms with Crippen LogP contribution in [0.1, 0.15) is 26.2 Å². The molecule has 150 valence electrons. The molecule has 2 aliphatic heterocycles. The van der Waals surface area contributed by atoms with Crippen molar-refractivity contribution >= 4 is 11.5 Å². The van der Waals surface area contributed by atoms with Gasteiger partial charge in [0.2, 0.25) is 0 Å². The first kappa shape index (κ1) is 20.1. The fourth-order valence-electron chi connectivity index (χ4n) is 4.07. The van der Waals surface area contributed by atoms with E-state index in [1.54, 1.807) is 6.92 Å². The fraction of sp³-hybridized carbons (Fsp3) is 0.650. The van der Waals surface area contributed by atoms with Crippen molar-refractivity contribution in [1.29, 1.82) is 0 Å². The maximum absolute atomic E-state index is 13.4. The Bertz CT molecular complexity index is 631. The summed E-state index contributed by atoms with van der Waals surface area (Å²) >= 11 is 0. The number of piperazine rings is 1. The number of halogens is 3. The zero-order chi connectivity index (χ0) is 19.4. The molecule has 3 rings (SSSR count). The number of carbonyl (C=O) groups excluding carboxylic acids is 1. The Balaban J connectivity index is 1.40. The van der Waals surface area contributed by atoms with Crippen LogP contribution in [0.25, 0.3) is 0 Å². The molecule has 0 aliphatic carbocycles. The quantitative estimate of drug-likeness (QED) is 0.706. The molecule has 2 saturated heterocycles. The van der Waals surface area contributed by atoms with Gasteiger partial charge in [0.15, 0.2) is 17.5 Å². The fourth-order valence-corrected chi connectivity index (χ4v) is 4.07. The third kappa shape index (κ3) is 5.45. The second-order valence-corrected chi connectivity index (χ2v) is 7.76. The molecule has 2 aliphatic rings. The van der Waals surface area contributed by atoms with Gasteiger partial charge in [0, 0.05) is 44.0 Å². The van der Waals surface area contributed by atoms with E-state index in [0.29, 0.717) is 31.2 Å². The van der Waals surface area contributed by atoms with Crippen LogP contribution in [0.4, 0.5) is 18.9 Å². The van der Waals surface area contributed by atoms with Crippen molar-refractivity contribution in [3.8, 4) is 0 Å². The SMILES string of the molecule is CC(=O)CN1CCC(CCN2CCN(c3cc(F)c(F)c(F)c3)CC2)CC1. The van der Waals surface area contributed by atoms with Crippen LogP contribution in [-0.2, 0) is 4.79 Å². The van der Waals surface area contributed by atoms with E-state index < -0.39 is 17.5 Å². The number of hydrogen-bond donors (Lipinski definition) is 0. The minimum absolute atomic E-state index is 0.229. The Kier molecular flexibility index (Phi) is 6.76. The number of nitrogens with zero attached hydrogens (tertiary/aromatic N) is 3. The molecule has 4 nitrogen and oxygen atoms in total. The molecule has 0 saturated carbocycles. The summed E-state index contributed by atoms with van der Waals surface area (Å²) in [6.07, 6.45) is 3.43. The number of hydrogen-bond acceptors (Lipinski definition) is 4.